The number of amides is 1. The third kappa shape index (κ3) is 6.28. The molecule has 1 saturated heterocycles. The predicted molar refractivity (Wildman–Crippen MR) is 142 cm³/mol. The smallest absolute Gasteiger partial charge is 0.304 e. The number of carbonyl (C=O) groups excluding carboxylic acids is 1. The first-order valence-corrected chi connectivity index (χ1v) is 14.0. The second kappa shape index (κ2) is 11.4. The van der Waals surface area contributed by atoms with Gasteiger partial charge in [0.2, 0.25) is 5.91 Å². The lowest BCUT2D eigenvalue weighted by Gasteiger charge is -2.52. The molecule has 1 aliphatic rings. The molecule has 1 heterocycles. The van der Waals surface area contributed by atoms with Gasteiger partial charge in [-0.3, -0.25) is 13.8 Å². The highest BCUT2D eigenvalue weighted by atomic mass is 35.5. The first kappa shape index (κ1) is 27.7. The Morgan fingerprint density at radius 3 is 2.34 bits per heavy atom. The minimum atomic E-state index is -1.14. The van der Waals surface area contributed by atoms with Gasteiger partial charge in [-0.1, -0.05) is 75.2 Å². The summed E-state index contributed by atoms with van der Waals surface area (Å²) in [6.45, 7) is 7.52. The molecule has 0 aliphatic carbocycles. The van der Waals surface area contributed by atoms with Crippen molar-refractivity contribution in [3.63, 3.8) is 0 Å². The van der Waals surface area contributed by atoms with E-state index in [1.807, 2.05) is 56.0 Å². The minimum Gasteiger partial charge on any atom is -0.481 e. The number of nitrogens with zero attached hydrogens (tertiary/aromatic N) is 1. The maximum atomic E-state index is 14.1. The van der Waals surface area contributed by atoms with Gasteiger partial charge in [-0.25, -0.2) is 0 Å². The van der Waals surface area contributed by atoms with Gasteiger partial charge in [0.05, 0.1) is 17.9 Å². The molecule has 0 bridgehead atoms. The van der Waals surface area contributed by atoms with Gasteiger partial charge in [0.25, 0.3) is 0 Å². The maximum absolute atomic E-state index is 14.1. The van der Waals surface area contributed by atoms with Crippen LogP contribution in [-0.4, -0.2) is 43.1 Å². The van der Waals surface area contributed by atoms with Gasteiger partial charge in [0, 0.05) is 43.8 Å². The summed E-state index contributed by atoms with van der Waals surface area (Å²) in [4.78, 5) is 27.8. The number of carbonyl (C=O) groups is 2. The van der Waals surface area contributed by atoms with E-state index in [4.69, 9.17) is 23.2 Å². The van der Waals surface area contributed by atoms with Gasteiger partial charge >= 0.3 is 5.97 Å². The molecule has 5 nitrogen and oxygen atoms in total. The number of likely N-dealkylation sites (tertiary alicyclic amines) is 1. The van der Waals surface area contributed by atoms with Crippen molar-refractivity contribution < 1.29 is 18.9 Å². The van der Waals surface area contributed by atoms with Crippen molar-refractivity contribution in [2.24, 2.45) is 5.41 Å². The standard InChI is InChI=1S/C27H33Cl2NO4S/c1-5-22(16-35(34)17(2)3)30-25(18-9-11-20(28)12-10-18)23(19-7-6-8-21(29)13-19)14-27(4,26(30)33)15-24(31)32/h6-13,17,22-23,25H,5,14-16H2,1-4H3,(H,31,32)/t22?,23-,25-,27-,35+/m1/s1. The van der Waals surface area contributed by atoms with Gasteiger partial charge in [-0.15, -0.1) is 0 Å². The highest BCUT2D eigenvalue weighted by Crippen LogP contribution is 2.52. The number of hydrogen-bond donors (Lipinski definition) is 1. The number of rotatable bonds is 9. The van der Waals surface area contributed by atoms with Gasteiger partial charge < -0.3 is 10.0 Å². The summed E-state index contributed by atoms with van der Waals surface area (Å²) in [6, 6.07) is 14.3. The number of carboxylic acids is 1. The summed E-state index contributed by atoms with van der Waals surface area (Å²) in [6.07, 6.45) is 0.669. The Kier molecular flexibility index (Phi) is 9.06. The van der Waals surface area contributed by atoms with E-state index in [-0.39, 0.29) is 35.6 Å². The SMILES string of the molecule is CCC(C[S@](=O)C(C)C)N1C(=O)[C@@](C)(CC(=O)O)C[C@H](c2cccc(Cl)c2)[C@H]1c1ccc(Cl)cc1. The van der Waals surface area contributed by atoms with E-state index >= 15 is 0 Å². The molecule has 1 fully saturated rings. The van der Waals surface area contributed by atoms with Crippen LogP contribution in [0, 0.1) is 5.41 Å². The molecule has 2 aromatic rings. The molecule has 3 rings (SSSR count). The largest absolute Gasteiger partial charge is 0.481 e. The fourth-order valence-corrected chi connectivity index (χ4v) is 6.54. The zero-order chi connectivity index (χ0) is 25.9. The second-order valence-corrected chi connectivity index (χ2v) is 12.8. The molecule has 35 heavy (non-hydrogen) atoms. The maximum Gasteiger partial charge on any atom is 0.304 e. The van der Waals surface area contributed by atoms with E-state index in [1.165, 1.54) is 0 Å². The molecular formula is C27H33Cl2NO4S. The summed E-state index contributed by atoms with van der Waals surface area (Å²) in [5.41, 5.74) is 0.722. The monoisotopic (exact) mass is 537 g/mol. The molecule has 1 N–H and O–H groups in total. The molecule has 1 amide bonds. The molecule has 190 valence electrons. The summed E-state index contributed by atoms with van der Waals surface area (Å²) >= 11 is 12.5. The van der Waals surface area contributed by atoms with Crippen molar-refractivity contribution in [3.05, 3.63) is 69.7 Å². The molecule has 1 unspecified atom stereocenters. The first-order valence-electron chi connectivity index (χ1n) is 11.9. The van der Waals surface area contributed by atoms with Crippen molar-refractivity contribution in [2.45, 2.75) is 70.2 Å². The number of halogens is 2. The average molecular weight is 539 g/mol. The molecule has 2 aromatic carbocycles. The molecule has 5 atom stereocenters. The Hall–Kier alpha value is -1.89. The van der Waals surface area contributed by atoms with Crippen LogP contribution in [0.4, 0.5) is 0 Å². The quantitative estimate of drug-likeness (QED) is 0.397. The van der Waals surface area contributed by atoms with Crippen molar-refractivity contribution in [3.8, 4) is 0 Å². The van der Waals surface area contributed by atoms with Crippen molar-refractivity contribution >= 4 is 45.9 Å². The number of carboxylic acid groups (broad SMARTS) is 1. The Bertz CT molecular complexity index is 1090. The second-order valence-electron chi connectivity index (χ2n) is 9.86. The topological polar surface area (TPSA) is 74.7 Å². The van der Waals surface area contributed by atoms with Gasteiger partial charge in [-0.05, 0) is 48.2 Å². The van der Waals surface area contributed by atoms with Crippen LogP contribution in [-0.2, 0) is 20.4 Å². The third-order valence-corrected chi connectivity index (χ3v) is 9.13. The van der Waals surface area contributed by atoms with Crippen LogP contribution in [0.1, 0.15) is 70.0 Å². The first-order chi connectivity index (χ1) is 16.5. The highest BCUT2D eigenvalue weighted by Gasteiger charge is 2.52. The van der Waals surface area contributed by atoms with E-state index in [0.717, 1.165) is 11.1 Å². The lowest BCUT2D eigenvalue weighted by Crippen LogP contribution is -2.57. The van der Waals surface area contributed by atoms with Crippen LogP contribution in [0.5, 0.6) is 0 Å². The Morgan fingerprint density at radius 2 is 1.80 bits per heavy atom. The summed E-state index contributed by atoms with van der Waals surface area (Å²) in [5.74, 6) is -1.12. The van der Waals surface area contributed by atoms with Gasteiger partial charge in [-0.2, -0.15) is 0 Å². The van der Waals surface area contributed by atoms with Crippen LogP contribution in [0.3, 0.4) is 0 Å². The average Bonchev–Trinajstić information content (AvgIpc) is 2.79. The lowest BCUT2D eigenvalue weighted by molar-refractivity contribution is -0.160. The van der Waals surface area contributed by atoms with Crippen LogP contribution < -0.4 is 0 Å². The lowest BCUT2D eigenvalue weighted by atomic mass is 9.67. The van der Waals surface area contributed by atoms with Crippen molar-refractivity contribution in [1.29, 1.82) is 0 Å². The van der Waals surface area contributed by atoms with Gasteiger partial charge in [0.1, 0.15) is 0 Å². The molecule has 0 radical (unpaired) electrons. The van der Waals surface area contributed by atoms with E-state index in [1.54, 1.807) is 25.1 Å². The molecule has 1 aliphatic heterocycles. The Morgan fingerprint density at radius 1 is 1.14 bits per heavy atom. The molecule has 0 aromatic heterocycles. The van der Waals surface area contributed by atoms with Crippen LogP contribution in [0.2, 0.25) is 10.0 Å². The predicted octanol–water partition coefficient (Wildman–Crippen LogP) is 6.47. The van der Waals surface area contributed by atoms with Gasteiger partial charge in [0.15, 0.2) is 0 Å². The third-order valence-electron chi connectivity index (χ3n) is 6.88. The van der Waals surface area contributed by atoms with Crippen LogP contribution >= 0.6 is 23.2 Å². The number of benzene rings is 2. The van der Waals surface area contributed by atoms with E-state index in [2.05, 4.69) is 0 Å². The van der Waals surface area contributed by atoms with Crippen molar-refractivity contribution in [1.82, 2.24) is 4.90 Å². The number of aliphatic carboxylic acids is 1. The highest BCUT2D eigenvalue weighted by molar-refractivity contribution is 7.85. The normalized spacial score (nSPS) is 24.4. The molecule has 8 heteroatoms. The fourth-order valence-electron chi connectivity index (χ4n) is 5.06. The summed E-state index contributed by atoms with van der Waals surface area (Å²) in [7, 11) is -1.14. The van der Waals surface area contributed by atoms with E-state index in [0.29, 0.717) is 28.6 Å². The molecule has 0 saturated carbocycles. The summed E-state index contributed by atoms with van der Waals surface area (Å²) in [5, 5.41) is 10.8. The van der Waals surface area contributed by atoms with Crippen LogP contribution in [0.25, 0.3) is 0 Å². The summed E-state index contributed by atoms with van der Waals surface area (Å²) < 4.78 is 12.9. The number of hydrogen-bond acceptors (Lipinski definition) is 3. The fraction of sp³-hybridized carbons (Fsp3) is 0.481. The van der Waals surface area contributed by atoms with Crippen LogP contribution in [0.15, 0.2) is 48.5 Å². The molecule has 0 spiro atoms. The Balaban J connectivity index is 2.23. The van der Waals surface area contributed by atoms with E-state index in [9.17, 15) is 18.9 Å². The zero-order valence-electron chi connectivity index (χ0n) is 20.5. The minimum absolute atomic E-state index is 0.0490. The van der Waals surface area contributed by atoms with E-state index < -0.39 is 22.2 Å². The Labute approximate surface area is 220 Å². The van der Waals surface area contributed by atoms with Crippen molar-refractivity contribution in [2.75, 3.05) is 5.75 Å². The molecular weight excluding hydrogens is 505 g/mol. The zero-order valence-corrected chi connectivity index (χ0v) is 22.9. The number of piperidine rings is 1.